The maximum Gasteiger partial charge on any atom is 0.227 e. The number of benzene rings is 2. The van der Waals surface area contributed by atoms with Gasteiger partial charge in [-0.25, -0.2) is 4.68 Å². The van der Waals surface area contributed by atoms with Crippen molar-refractivity contribution in [3.63, 3.8) is 0 Å². The summed E-state index contributed by atoms with van der Waals surface area (Å²) < 4.78 is 13.9. The highest BCUT2D eigenvalue weighted by atomic mass is 16.5. The normalized spacial score (nSPS) is 14.5. The van der Waals surface area contributed by atoms with Crippen molar-refractivity contribution in [3.8, 4) is 17.3 Å². The third-order valence-electron chi connectivity index (χ3n) is 5.92. The van der Waals surface area contributed by atoms with Gasteiger partial charge in [0.15, 0.2) is 0 Å². The van der Waals surface area contributed by atoms with E-state index in [1.54, 1.807) is 0 Å². The standard InChI is InChI=1S/C27H35N3O3/c1-3-4-17-32-20-24(31)18-29(22-15-16-22)19-26-21(2)28-30(23-11-7-5-8-12-23)27(26)33-25-13-9-6-10-14-25/h5-14,22,24,31H,3-4,15-20H2,1-2H3. The van der Waals surface area contributed by atoms with Crippen LogP contribution in [-0.2, 0) is 11.3 Å². The number of para-hydroxylation sites is 2. The molecular weight excluding hydrogens is 414 g/mol. The maximum absolute atomic E-state index is 10.6. The minimum atomic E-state index is -0.509. The number of hydrogen-bond donors (Lipinski definition) is 1. The number of aromatic nitrogens is 2. The second-order valence-electron chi connectivity index (χ2n) is 8.77. The molecule has 6 heteroatoms. The van der Waals surface area contributed by atoms with Gasteiger partial charge in [-0.3, -0.25) is 4.90 Å². The number of aliphatic hydroxyl groups excluding tert-OH is 1. The molecule has 4 rings (SSSR count). The Kier molecular flexibility index (Phi) is 8.15. The summed E-state index contributed by atoms with van der Waals surface area (Å²) in [6.45, 7) is 6.51. The summed E-state index contributed by atoms with van der Waals surface area (Å²) in [6.07, 6.45) is 3.93. The van der Waals surface area contributed by atoms with Gasteiger partial charge in [0.2, 0.25) is 5.88 Å². The van der Waals surface area contributed by atoms with Gasteiger partial charge in [0.1, 0.15) is 5.75 Å². The minimum absolute atomic E-state index is 0.374. The lowest BCUT2D eigenvalue weighted by atomic mass is 10.2. The molecule has 1 aliphatic carbocycles. The van der Waals surface area contributed by atoms with Crippen LogP contribution in [-0.4, -0.2) is 51.7 Å². The molecule has 1 fully saturated rings. The first-order valence-electron chi connectivity index (χ1n) is 12.0. The molecule has 3 aromatic rings. The van der Waals surface area contributed by atoms with Crippen molar-refractivity contribution in [1.82, 2.24) is 14.7 Å². The van der Waals surface area contributed by atoms with Crippen molar-refractivity contribution < 1.29 is 14.6 Å². The van der Waals surface area contributed by atoms with Gasteiger partial charge < -0.3 is 14.6 Å². The lowest BCUT2D eigenvalue weighted by molar-refractivity contribution is 0.0127. The first-order chi connectivity index (χ1) is 16.2. The van der Waals surface area contributed by atoms with Crippen LogP contribution in [0, 0.1) is 6.92 Å². The molecule has 1 N–H and O–H groups in total. The highest BCUT2D eigenvalue weighted by Crippen LogP contribution is 2.35. The highest BCUT2D eigenvalue weighted by molar-refractivity contribution is 5.43. The second kappa shape index (κ2) is 11.5. The topological polar surface area (TPSA) is 59.8 Å². The van der Waals surface area contributed by atoms with E-state index in [1.165, 1.54) is 0 Å². The van der Waals surface area contributed by atoms with Crippen LogP contribution in [0.2, 0.25) is 0 Å². The number of ether oxygens (including phenoxy) is 2. The Hall–Kier alpha value is -2.67. The van der Waals surface area contributed by atoms with Crippen molar-refractivity contribution in [1.29, 1.82) is 0 Å². The second-order valence-corrected chi connectivity index (χ2v) is 8.77. The Morgan fingerprint density at radius 1 is 1.09 bits per heavy atom. The van der Waals surface area contributed by atoms with E-state index in [9.17, 15) is 5.11 Å². The first-order valence-corrected chi connectivity index (χ1v) is 12.0. The Morgan fingerprint density at radius 3 is 2.45 bits per heavy atom. The zero-order valence-corrected chi connectivity index (χ0v) is 19.7. The third-order valence-corrected chi connectivity index (χ3v) is 5.92. The van der Waals surface area contributed by atoms with Crippen LogP contribution in [0.5, 0.6) is 11.6 Å². The van der Waals surface area contributed by atoms with Crippen LogP contribution in [0.3, 0.4) is 0 Å². The molecule has 0 spiro atoms. The van der Waals surface area contributed by atoms with E-state index in [2.05, 4.69) is 11.8 Å². The predicted octanol–water partition coefficient (Wildman–Crippen LogP) is 5.12. The molecule has 0 saturated heterocycles. The van der Waals surface area contributed by atoms with E-state index in [0.29, 0.717) is 32.3 Å². The molecule has 1 saturated carbocycles. The van der Waals surface area contributed by atoms with Crippen LogP contribution in [0.15, 0.2) is 60.7 Å². The van der Waals surface area contributed by atoms with Crippen molar-refractivity contribution in [2.75, 3.05) is 19.8 Å². The fourth-order valence-electron chi connectivity index (χ4n) is 3.94. The molecule has 2 aromatic carbocycles. The lowest BCUT2D eigenvalue weighted by Gasteiger charge is -2.25. The SMILES string of the molecule is CCCCOCC(O)CN(Cc1c(C)nn(-c2ccccc2)c1Oc1ccccc1)C1CC1. The first kappa shape index (κ1) is 23.5. The van der Waals surface area contributed by atoms with Gasteiger partial charge in [-0.15, -0.1) is 0 Å². The molecular formula is C27H35N3O3. The quantitative estimate of drug-likeness (QED) is 0.367. The zero-order chi connectivity index (χ0) is 23.0. The molecule has 0 aliphatic heterocycles. The van der Waals surface area contributed by atoms with Gasteiger partial charge in [-0.1, -0.05) is 49.7 Å². The number of hydrogen-bond acceptors (Lipinski definition) is 5. The van der Waals surface area contributed by atoms with Crippen molar-refractivity contribution in [2.24, 2.45) is 0 Å². The van der Waals surface area contributed by atoms with E-state index in [1.807, 2.05) is 72.3 Å². The summed E-state index contributed by atoms with van der Waals surface area (Å²) in [5, 5.41) is 15.4. The molecule has 0 amide bonds. The Balaban J connectivity index is 1.57. The molecule has 0 radical (unpaired) electrons. The highest BCUT2D eigenvalue weighted by Gasteiger charge is 2.32. The third kappa shape index (κ3) is 6.44. The summed E-state index contributed by atoms with van der Waals surface area (Å²) in [7, 11) is 0. The molecule has 1 heterocycles. The fraction of sp³-hybridized carbons (Fsp3) is 0.444. The van der Waals surface area contributed by atoms with Crippen LogP contribution >= 0.6 is 0 Å². The summed E-state index contributed by atoms with van der Waals surface area (Å²) in [5.41, 5.74) is 2.94. The van der Waals surface area contributed by atoms with Crippen molar-refractivity contribution in [3.05, 3.63) is 71.9 Å². The Bertz CT molecular complexity index is 987. The molecule has 1 aromatic heterocycles. The average molecular weight is 450 g/mol. The van der Waals surface area contributed by atoms with E-state index < -0.39 is 6.10 Å². The summed E-state index contributed by atoms with van der Waals surface area (Å²) in [5.74, 6) is 1.50. The number of rotatable bonds is 13. The van der Waals surface area contributed by atoms with Gasteiger partial charge in [0.25, 0.3) is 0 Å². The van der Waals surface area contributed by atoms with Crippen molar-refractivity contribution in [2.45, 2.75) is 58.2 Å². The summed E-state index contributed by atoms with van der Waals surface area (Å²) in [4.78, 5) is 2.35. The maximum atomic E-state index is 10.6. The number of aliphatic hydroxyl groups is 1. The largest absolute Gasteiger partial charge is 0.439 e. The number of unbranched alkanes of at least 4 members (excludes halogenated alkanes) is 1. The fourth-order valence-corrected chi connectivity index (χ4v) is 3.94. The summed E-state index contributed by atoms with van der Waals surface area (Å²) in [6, 6.07) is 20.4. The minimum Gasteiger partial charge on any atom is -0.439 e. The predicted molar refractivity (Wildman–Crippen MR) is 130 cm³/mol. The monoisotopic (exact) mass is 449 g/mol. The molecule has 33 heavy (non-hydrogen) atoms. The van der Waals surface area contributed by atoms with Gasteiger partial charge in [-0.2, -0.15) is 5.10 Å². The van der Waals surface area contributed by atoms with Crippen LogP contribution in [0.4, 0.5) is 0 Å². The Morgan fingerprint density at radius 2 is 1.79 bits per heavy atom. The number of nitrogens with zero attached hydrogens (tertiary/aromatic N) is 3. The smallest absolute Gasteiger partial charge is 0.227 e. The van der Waals surface area contributed by atoms with E-state index in [-0.39, 0.29) is 0 Å². The molecule has 176 valence electrons. The van der Waals surface area contributed by atoms with Gasteiger partial charge in [0, 0.05) is 25.7 Å². The zero-order valence-electron chi connectivity index (χ0n) is 19.7. The lowest BCUT2D eigenvalue weighted by Crippen LogP contribution is -2.36. The van der Waals surface area contributed by atoms with Crippen LogP contribution < -0.4 is 4.74 Å². The number of aryl methyl sites for hydroxylation is 1. The summed E-state index contributed by atoms with van der Waals surface area (Å²) >= 11 is 0. The molecule has 1 aliphatic rings. The molecule has 6 nitrogen and oxygen atoms in total. The molecule has 1 unspecified atom stereocenters. The van der Waals surface area contributed by atoms with Crippen molar-refractivity contribution >= 4 is 0 Å². The van der Waals surface area contributed by atoms with E-state index >= 15 is 0 Å². The van der Waals surface area contributed by atoms with Crippen LogP contribution in [0.1, 0.15) is 43.9 Å². The average Bonchev–Trinajstić information content (AvgIpc) is 3.64. The Labute approximate surface area is 196 Å². The van der Waals surface area contributed by atoms with Gasteiger partial charge >= 0.3 is 0 Å². The van der Waals surface area contributed by atoms with E-state index in [4.69, 9.17) is 14.6 Å². The molecule has 1 atom stereocenters. The molecule has 0 bridgehead atoms. The van der Waals surface area contributed by atoms with E-state index in [0.717, 1.165) is 54.3 Å². The van der Waals surface area contributed by atoms with Gasteiger partial charge in [-0.05, 0) is 50.5 Å². The van der Waals surface area contributed by atoms with Crippen LogP contribution in [0.25, 0.3) is 5.69 Å². The van der Waals surface area contributed by atoms with Gasteiger partial charge in [0.05, 0.1) is 29.7 Å².